The van der Waals surface area contributed by atoms with E-state index in [1.54, 1.807) is 42.3 Å². The lowest BCUT2D eigenvalue weighted by molar-refractivity contribution is -0.119. The molecule has 1 aliphatic heterocycles. The largest absolute Gasteiger partial charge is 0.508 e. The fourth-order valence-corrected chi connectivity index (χ4v) is 3.61. The van der Waals surface area contributed by atoms with E-state index in [-0.39, 0.29) is 11.7 Å². The van der Waals surface area contributed by atoms with Crippen LogP contribution in [0.25, 0.3) is 0 Å². The van der Waals surface area contributed by atoms with Crippen molar-refractivity contribution >= 4 is 28.9 Å². The number of carbonyl (C=O) groups is 1. The number of aliphatic imine (C=N–C) groups is 1. The highest BCUT2D eigenvalue weighted by Crippen LogP contribution is 2.31. The number of nitrogens with zero attached hydrogens (tertiary/aromatic N) is 2. The molecule has 0 radical (unpaired) electrons. The zero-order valence-corrected chi connectivity index (χ0v) is 20.6. The summed E-state index contributed by atoms with van der Waals surface area (Å²) in [6.45, 7) is 8.75. The fraction of sp³-hybridized carbons (Fsp3) is 0.286. The lowest BCUT2D eigenvalue weighted by atomic mass is 10.00. The maximum atomic E-state index is 13.2. The third kappa shape index (κ3) is 6.69. The third-order valence-corrected chi connectivity index (χ3v) is 5.12. The number of carbonyl (C=O) groups excluding carboxylic acids is 1. The zero-order chi connectivity index (χ0) is 24.2. The van der Waals surface area contributed by atoms with Gasteiger partial charge in [0, 0.05) is 29.6 Å². The minimum Gasteiger partial charge on any atom is -0.508 e. The smallest absolute Gasteiger partial charge is 0.251 e. The van der Waals surface area contributed by atoms with Gasteiger partial charge in [0.15, 0.2) is 0 Å². The fourth-order valence-electron chi connectivity index (χ4n) is 3.43. The van der Waals surface area contributed by atoms with E-state index >= 15 is 0 Å². The Hall–Kier alpha value is -3.11. The summed E-state index contributed by atoms with van der Waals surface area (Å²) in [5.41, 5.74) is 4.62. The number of anilines is 1. The first-order valence-electron chi connectivity index (χ1n) is 11.0. The molecule has 0 fully saturated rings. The number of fused-ring (bicyclic) bond motifs is 1. The van der Waals surface area contributed by atoms with E-state index in [1.807, 2.05) is 42.5 Å². The average molecular weight is 463 g/mol. The lowest BCUT2D eigenvalue weighted by Crippen LogP contribution is -2.36. The first-order chi connectivity index (χ1) is 15.5. The van der Waals surface area contributed by atoms with E-state index in [2.05, 4.69) is 27.7 Å². The highest BCUT2D eigenvalue weighted by atomic mass is 35.5. The Labute approximate surface area is 201 Å². The predicted octanol–water partition coefficient (Wildman–Crippen LogP) is 6.52. The molecule has 172 valence electrons. The Kier molecular flexibility index (Phi) is 7.60. The van der Waals surface area contributed by atoms with Gasteiger partial charge in [-0.3, -0.25) is 9.79 Å². The van der Waals surface area contributed by atoms with Crippen molar-refractivity contribution in [3.05, 3.63) is 94.5 Å². The van der Waals surface area contributed by atoms with Crippen LogP contribution in [0, 0.1) is 5.41 Å². The van der Waals surface area contributed by atoms with Gasteiger partial charge >= 0.3 is 0 Å². The van der Waals surface area contributed by atoms with Gasteiger partial charge in [-0.1, -0.05) is 69.6 Å². The number of phenols is 1. The molecular formula is C28H31ClN2O2. The summed E-state index contributed by atoms with van der Waals surface area (Å²) >= 11 is 6.26. The normalized spacial score (nSPS) is 15.7. The van der Waals surface area contributed by atoms with Crippen molar-refractivity contribution in [1.82, 2.24) is 0 Å². The van der Waals surface area contributed by atoms with Crippen molar-refractivity contribution in [1.29, 1.82) is 0 Å². The highest BCUT2D eigenvalue weighted by Gasteiger charge is 2.30. The second-order valence-corrected chi connectivity index (χ2v) is 10.2. The van der Waals surface area contributed by atoms with E-state index < -0.39 is 6.04 Å². The maximum absolute atomic E-state index is 13.2. The van der Waals surface area contributed by atoms with Gasteiger partial charge in [-0.05, 0) is 53.4 Å². The Morgan fingerprint density at radius 1 is 0.970 bits per heavy atom. The van der Waals surface area contributed by atoms with Crippen LogP contribution in [-0.4, -0.2) is 29.8 Å². The van der Waals surface area contributed by atoms with E-state index in [9.17, 15) is 9.90 Å². The molecule has 33 heavy (non-hydrogen) atoms. The first-order valence-corrected chi connectivity index (χ1v) is 11.4. The molecule has 3 aromatic carbocycles. The van der Waals surface area contributed by atoms with Crippen molar-refractivity contribution in [3.8, 4) is 5.75 Å². The van der Waals surface area contributed by atoms with Crippen molar-refractivity contribution in [2.75, 3.05) is 11.9 Å². The summed E-state index contributed by atoms with van der Waals surface area (Å²) < 4.78 is 0. The Bertz CT molecular complexity index is 1130. The summed E-state index contributed by atoms with van der Waals surface area (Å²) in [5.74, 6) is 0.111. The molecule has 0 saturated carbocycles. The second-order valence-electron chi connectivity index (χ2n) is 9.79. The Balaban J connectivity index is 0.000000555. The van der Waals surface area contributed by atoms with E-state index in [1.165, 1.54) is 0 Å². The van der Waals surface area contributed by atoms with Gasteiger partial charge in [-0.15, -0.1) is 0 Å². The molecule has 0 bridgehead atoms. The van der Waals surface area contributed by atoms with Gasteiger partial charge in [0.2, 0.25) is 0 Å². The molecule has 3 aromatic rings. The van der Waals surface area contributed by atoms with Crippen LogP contribution in [-0.2, 0) is 11.2 Å². The number of hydrogen-bond donors (Lipinski definition) is 1. The number of benzodiazepines with no additional fused rings is 1. The van der Waals surface area contributed by atoms with Gasteiger partial charge in [-0.25, -0.2) is 0 Å². The number of phenolic OH excluding ortho intramolecular Hbond substituents is 1. The molecule has 0 saturated heterocycles. The third-order valence-electron chi connectivity index (χ3n) is 4.89. The summed E-state index contributed by atoms with van der Waals surface area (Å²) in [5, 5.41) is 10.2. The van der Waals surface area contributed by atoms with Crippen LogP contribution in [0.2, 0.25) is 5.02 Å². The maximum Gasteiger partial charge on any atom is 0.251 e. The van der Waals surface area contributed by atoms with E-state index in [4.69, 9.17) is 16.6 Å². The number of amides is 1. The summed E-state index contributed by atoms with van der Waals surface area (Å²) in [7, 11) is 1.77. The molecule has 0 spiro atoms. The van der Waals surface area contributed by atoms with E-state index in [0.29, 0.717) is 22.6 Å². The number of benzene rings is 3. The van der Waals surface area contributed by atoms with Crippen LogP contribution in [0.3, 0.4) is 0 Å². The summed E-state index contributed by atoms with van der Waals surface area (Å²) in [6, 6.07) is 21.6. The molecule has 0 aliphatic carbocycles. The monoisotopic (exact) mass is 462 g/mol. The first kappa shape index (κ1) is 24.5. The van der Waals surface area contributed by atoms with Gasteiger partial charge in [0.25, 0.3) is 5.91 Å². The molecule has 1 heterocycles. The van der Waals surface area contributed by atoms with Crippen LogP contribution < -0.4 is 4.90 Å². The molecule has 1 N–H and O–H groups in total. The van der Waals surface area contributed by atoms with Crippen LogP contribution in [0.4, 0.5) is 5.69 Å². The van der Waals surface area contributed by atoms with Crippen molar-refractivity contribution in [2.24, 2.45) is 10.4 Å². The molecule has 1 amide bonds. The number of likely N-dealkylation sites (N-methyl/N-ethyl adjacent to an activating group) is 1. The molecule has 4 nitrogen and oxygen atoms in total. The van der Waals surface area contributed by atoms with Crippen LogP contribution in [0.15, 0.2) is 77.8 Å². The number of aromatic hydroxyl groups is 1. The second kappa shape index (κ2) is 10.2. The predicted molar refractivity (Wildman–Crippen MR) is 138 cm³/mol. The molecule has 1 atom stereocenters. The van der Waals surface area contributed by atoms with Crippen molar-refractivity contribution < 1.29 is 9.90 Å². The minimum atomic E-state index is -0.553. The number of halogens is 1. The van der Waals surface area contributed by atoms with Gasteiger partial charge in [0.1, 0.15) is 11.8 Å². The molecule has 1 aliphatic rings. The topological polar surface area (TPSA) is 52.9 Å². The van der Waals surface area contributed by atoms with Gasteiger partial charge in [-0.2, -0.15) is 0 Å². The molecule has 4 rings (SSSR count). The summed E-state index contributed by atoms with van der Waals surface area (Å²) in [4.78, 5) is 19.7. The Morgan fingerprint density at radius 2 is 1.58 bits per heavy atom. The number of hydrogen-bond acceptors (Lipinski definition) is 3. The quantitative estimate of drug-likeness (QED) is 0.481. The Morgan fingerprint density at radius 3 is 2.18 bits per heavy atom. The van der Waals surface area contributed by atoms with Crippen LogP contribution in [0.1, 0.15) is 44.4 Å². The van der Waals surface area contributed by atoms with E-state index in [0.717, 1.165) is 22.4 Å². The lowest BCUT2D eigenvalue weighted by Gasteiger charge is -2.20. The number of rotatable bonds is 3. The minimum absolute atomic E-state index is 0.0683. The van der Waals surface area contributed by atoms with Gasteiger partial charge < -0.3 is 10.0 Å². The van der Waals surface area contributed by atoms with Crippen LogP contribution in [0.5, 0.6) is 5.75 Å². The van der Waals surface area contributed by atoms with Crippen molar-refractivity contribution in [3.63, 3.8) is 0 Å². The zero-order valence-electron chi connectivity index (χ0n) is 19.8. The summed E-state index contributed by atoms with van der Waals surface area (Å²) in [6.07, 6.45) is 0.507. The molecule has 1 unspecified atom stereocenters. The average Bonchev–Trinajstić information content (AvgIpc) is 2.84. The molecule has 5 heteroatoms. The van der Waals surface area contributed by atoms with Gasteiger partial charge in [0.05, 0.1) is 11.4 Å². The highest BCUT2D eigenvalue weighted by molar-refractivity contribution is 6.32. The van der Waals surface area contributed by atoms with Crippen molar-refractivity contribution in [2.45, 2.75) is 40.2 Å². The molecule has 0 aromatic heterocycles. The molecular weight excluding hydrogens is 432 g/mol. The van der Waals surface area contributed by atoms with Crippen LogP contribution >= 0.6 is 11.6 Å². The standard InChI is InChI=1S/C23H19ClN2O2.C5H12/c1-26-21-12-9-17(24)14-19(21)22(16-7-10-18(27)11-8-16)25-20(23(26)28)13-15-5-3-2-4-6-15;1-5(2,3)4/h2-12,14,20,27H,13H2,1H3;1-4H3. The SMILES string of the molecule is CC(C)(C)C.CN1C(=O)C(Cc2ccccc2)N=C(c2ccc(O)cc2)c2cc(Cl)ccc21.